The Hall–Kier alpha value is -0.880. The average molecular weight is 220 g/mol. The number of carbonyl (C=O) groups is 1. The summed E-state index contributed by atoms with van der Waals surface area (Å²) < 4.78 is 0.424. The van der Waals surface area contributed by atoms with Crippen LogP contribution in [0.2, 0.25) is 0 Å². The molecule has 4 N–H and O–H groups in total. The Labute approximate surface area is 70.7 Å². The molecule has 0 aliphatic carbocycles. The van der Waals surface area contributed by atoms with E-state index in [0.29, 0.717) is 10.2 Å². The second-order valence-corrected chi connectivity index (χ2v) is 2.67. The van der Waals surface area contributed by atoms with Gasteiger partial charge in [0.25, 0.3) is 0 Å². The molecule has 0 bridgehead atoms. The minimum absolute atomic E-state index is 0.0366. The van der Waals surface area contributed by atoms with Crippen LogP contribution in [0.3, 0.4) is 0 Å². The first-order chi connectivity index (χ1) is 5.16. The second-order valence-electron chi connectivity index (χ2n) is 1.87. The normalized spacial score (nSPS) is 10.0. The predicted octanol–water partition coefficient (Wildman–Crippen LogP) is 0.329. The highest BCUT2D eigenvalue weighted by molar-refractivity contribution is 9.10. The zero-order valence-electron chi connectivity index (χ0n) is 5.47. The lowest BCUT2D eigenvalue weighted by Crippen LogP contribution is -1.98. The number of nitrogens with zero attached hydrogens (tertiary/aromatic N) is 1. The van der Waals surface area contributed by atoms with Crippen molar-refractivity contribution >= 4 is 21.9 Å². The molecular weight excluding hydrogens is 214 g/mol. The van der Waals surface area contributed by atoms with Gasteiger partial charge in [-0.15, -0.1) is 0 Å². The van der Waals surface area contributed by atoms with Crippen LogP contribution in [0.15, 0.2) is 4.47 Å². The molecular formula is C5H6BrN3O2. The Morgan fingerprint density at radius 1 is 1.82 bits per heavy atom. The van der Waals surface area contributed by atoms with E-state index >= 15 is 0 Å². The van der Waals surface area contributed by atoms with Crippen LogP contribution in [0, 0.1) is 0 Å². The summed E-state index contributed by atoms with van der Waals surface area (Å²) in [6, 6.07) is 0. The highest BCUT2D eigenvalue weighted by atomic mass is 79.9. The summed E-state index contributed by atoms with van der Waals surface area (Å²) in [6.07, 6.45) is 0. The number of hydrogen-bond donors (Lipinski definition) is 3. The van der Waals surface area contributed by atoms with Gasteiger partial charge in [-0.3, -0.25) is 5.10 Å². The molecule has 0 spiro atoms. The van der Waals surface area contributed by atoms with E-state index in [1.165, 1.54) is 0 Å². The second kappa shape index (κ2) is 3.02. The first kappa shape index (κ1) is 8.22. The number of carboxylic acids is 1. The number of rotatable bonds is 2. The molecule has 11 heavy (non-hydrogen) atoms. The highest BCUT2D eigenvalue weighted by Gasteiger charge is 2.14. The minimum atomic E-state index is -1.08. The predicted molar refractivity (Wildman–Crippen MR) is 41.1 cm³/mol. The van der Waals surface area contributed by atoms with Crippen molar-refractivity contribution in [2.24, 2.45) is 5.73 Å². The fourth-order valence-corrected chi connectivity index (χ4v) is 1.15. The monoisotopic (exact) mass is 219 g/mol. The van der Waals surface area contributed by atoms with Gasteiger partial charge in [-0.05, 0) is 15.9 Å². The number of aromatic amines is 1. The summed E-state index contributed by atoms with van der Waals surface area (Å²) in [5.41, 5.74) is 5.82. The van der Waals surface area contributed by atoms with Gasteiger partial charge in [0.1, 0.15) is 0 Å². The molecule has 0 aliphatic heterocycles. The Morgan fingerprint density at radius 2 is 2.45 bits per heavy atom. The molecule has 60 valence electrons. The van der Waals surface area contributed by atoms with Crippen molar-refractivity contribution < 1.29 is 9.90 Å². The van der Waals surface area contributed by atoms with Crippen molar-refractivity contribution in [1.82, 2.24) is 10.2 Å². The van der Waals surface area contributed by atoms with Crippen LogP contribution >= 0.6 is 15.9 Å². The maximum Gasteiger partial charge on any atom is 0.357 e. The first-order valence-electron chi connectivity index (χ1n) is 2.83. The minimum Gasteiger partial charge on any atom is -0.476 e. The van der Waals surface area contributed by atoms with Crippen molar-refractivity contribution in [2.45, 2.75) is 6.54 Å². The number of aromatic carboxylic acids is 1. The maximum atomic E-state index is 10.4. The quantitative estimate of drug-likeness (QED) is 0.669. The molecule has 1 heterocycles. The standard InChI is InChI=1S/C5H6BrN3O2/c6-3-2(1-7)8-9-4(3)5(10)11/h1,7H2,(H,8,9)(H,10,11). The summed E-state index contributed by atoms with van der Waals surface area (Å²) in [5.74, 6) is -1.08. The summed E-state index contributed by atoms with van der Waals surface area (Å²) >= 11 is 3.06. The summed E-state index contributed by atoms with van der Waals surface area (Å²) in [6.45, 7) is 0.237. The number of H-pyrrole nitrogens is 1. The number of halogens is 1. The molecule has 1 rings (SSSR count). The van der Waals surface area contributed by atoms with Gasteiger partial charge in [0.15, 0.2) is 5.69 Å². The molecule has 0 saturated heterocycles. The van der Waals surface area contributed by atoms with Crippen LogP contribution in [-0.4, -0.2) is 21.3 Å². The maximum absolute atomic E-state index is 10.4. The molecule has 0 radical (unpaired) electrons. The average Bonchev–Trinajstić information content (AvgIpc) is 2.30. The van der Waals surface area contributed by atoms with E-state index in [1.807, 2.05) is 0 Å². The summed E-state index contributed by atoms with van der Waals surface area (Å²) in [4.78, 5) is 10.4. The van der Waals surface area contributed by atoms with Crippen molar-refractivity contribution in [3.05, 3.63) is 15.9 Å². The van der Waals surface area contributed by atoms with E-state index in [-0.39, 0.29) is 12.2 Å². The number of nitrogens with one attached hydrogen (secondary N) is 1. The smallest absolute Gasteiger partial charge is 0.357 e. The Balaban J connectivity index is 3.10. The molecule has 0 fully saturated rings. The fraction of sp³-hybridized carbons (Fsp3) is 0.200. The van der Waals surface area contributed by atoms with Gasteiger partial charge in [0, 0.05) is 6.54 Å². The van der Waals surface area contributed by atoms with E-state index in [9.17, 15) is 4.79 Å². The third kappa shape index (κ3) is 1.41. The molecule has 1 aromatic rings. The van der Waals surface area contributed by atoms with E-state index in [0.717, 1.165) is 0 Å². The van der Waals surface area contributed by atoms with Crippen molar-refractivity contribution in [2.75, 3.05) is 0 Å². The fourth-order valence-electron chi connectivity index (χ4n) is 0.641. The number of aromatic nitrogens is 2. The van der Waals surface area contributed by atoms with Crippen LogP contribution in [-0.2, 0) is 6.54 Å². The molecule has 0 atom stereocenters. The highest BCUT2D eigenvalue weighted by Crippen LogP contribution is 2.17. The Kier molecular flexibility index (Phi) is 2.25. The van der Waals surface area contributed by atoms with E-state index in [4.69, 9.17) is 10.8 Å². The van der Waals surface area contributed by atoms with Gasteiger partial charge in [0.2, 0.25) is 0 Å². The van der Waals surface area contributed by atoms with Gasteiger partial charge < -0.3 is 10.8 Å². The third-order valence-corrected chi connectivity index (χ3v) is 2.04. The largest absolute Gasteiger partial charge is 0.476 e. The first-order valence-corrected chi connectivity index (χ1v) is 3.62. The molecule has 0 saturated carbocycles. The van der Waals surface area contributed by atoms with Crippen molar-refractivity contribution in [1.29, 1.82) is 0 Å². The molecule has 0 amide bonds. The molecule has 0 aromatic carbocycles. The molecule has 6 heteroatoms. The topological polar surface area (TPSA) is 92.0 Å². The number of hydrogen-bond acceptors (Lipinski definition) is 3. The van der Waals surface area contributed by atoms with Gasteiger partial charge in [0.05, 0.1) is 10.2 Å². The Bertz CT molecular complexity index is 283. The molecule has 5 nitrogen and oxygen atoms in total. The van der Waals surface area contributed by atoms with Crippen LogP contribution in [0.5, 0.6) is 0 Å². The lowest BCUT2D eigenvalue weighted by Gasteiger charge is -1.89. The third-order valence-electron chi connectivity index (χ3n) is 1.18. The van der Waals surface area contributed by atoms with Gasteiger partial charge >= 0.3 is 5.97 Å². The van der Waals surface area contributed by atoms with E-state index in [1.54, 1.807) is 0 Å². The zero-order chi connectivity index (χ0) is 8.43. The molecule has 0 unspecified atom stereocenters. The lowest BCUT2D eigenvalue weighted by atomic mass is 10.3. The van der Waals surface area contributed by atoms with Crippen molar-refractivity contribution in [3.63, 3.8) is 0 Å². The number of carboxylic acid groups (broad SMARTS) is 1. The van der Waals surface area contributed by atoms with E-state index in [2.05, 4.69) is 26.1 Å². The Morgan fingerprint density at radius 3 is 2.73 bits per heavy atom. The van der Waals surface area contributed by atoms with Gasteiger partial charge in [-0.25, -0.2) is 4.79 Å². The molecule has 1 aromatic heterocycles. The van der Waals surface area contributed by atoms with Gasteiger partial charge in [-0.1, -0.05) is 0 Å². The summed E-state index contributed by atoms with van der Waals surface area (Å²) in [5, 5.41) is 14.6. The SMILES string of the molecule is NCc1[nH]nc(C(=O)O)c1Br. The lowest BCUT2D eigenvalue weighted by molar-refractivity contribution is 0.0689. The summed E-state index contributed by atoms with van der Waals surface area (Å²) in [7, 11) is 0. The van der Waals surface area contributed by atoms with Crippen LogP contribution < -0.4 is 5.73 Å². The van der Waals surface area contributed by atoms with Crippen LogP contribution in [0.25, 0.3) is 0 Å². The molecule has 0 aliphatic rings. The zero-order valence-corrected chi connectivity index (χ0v) is 7.05. The van der Waals surface area contributed by atoms with Crippen LogP contribution in [0.1, 0.15) is 16.2 Å². The van der Waals surface area contributed by atoms with Crippen LogP contribution in [0.4, 0.5) is 0 Å². The number of nitrogens with two attached hydrogens (primary N) is 1. The van der Waals surface area contributed by atoms with Crippen molar-refractivity contribution in [3.8, 4) is 0 Å². The van der Waals surface area contributed by atoms with E-state index < -0.39 is 5.97 Å². The van der Waals surface area contributed by atoms with Gasteiger partial charge in [-0.2, -0.15) is 5.10 Å².